The first-order valence-corrected chi connectivity index (χ1v) is 9.33. The lowest BCUT2D eigenvalue weighted by atomic mass is 9.98. The number of nitrogens with one attached hydrogen (secondary N) is 1. The van der Waals surface area contributed by atoms with Crippen molar-refractivity contribution in [3.05, 3.63) is 40.8 Å². The maximum absolute atomic E-state index is 12.6. The van der Waals surface area contributed by atoms with Crippen LogP contribution >= 0.6 is 0 Å². The maximum Gasteiger partial charge on any atom is 0.258 e. The van der Waals surface area contributed by atoms with E-state index in [0.717, 1.165) is 16.8 Å². The smallest absolute Gasteiger partial charge is 0.258 e. The minimum Gasteiger partial charge on any atom is -0.307 e. The van der Waals surface area contributed by atoms with Crippen LogP contribution in [0.4, 0.5) is 5.82 Å². The van der Waals surface area contributed by atoms with Crippen LogP contribution in [0, 0.1) is 6.92 Å². The number of nitrogens with zero attached hydrogens (tertiary/aromatic N) is 4. The summed E-state index contributed by atoms with van der Waals surface area (Å²) in [5.41, 5.74) is 2.89. The van der Waals surface area contributed by atoms with Gasteiger partial charge in [0.15, 0.2) is 0 Å². The van der Waals surface area contributed by atoms with Crippen molar-refractivity contribution in [1.82, 2.24) is 19.1 Å². The van der Waals surface area contributed by atoms with Gasteiger partial charge < -0.3 is 5.32 Å². The van der Waals surface area contributed by atoms with Crippen molar-refractivity contribution in [3.63, 3.8) is 0 Å². The van der Waals surface area contributed by atoms with E-state index in [4.69, 9.17) is 0 Å². The molecule has 1 aliphatic rings. The molecule has 0 saturated carbocycles. The summed E-state index contributed by atoms with van der Waals surface area (Å²) in [6.45, 7) is 2.45. The summed E-state index contributed by atoms with van der Waals surface area (Å²) >= 11 is 0. The van der Waals surface area contributed by atoms with Crippen LogP contribution in [0.1, 0.15) is 27.2 Å². The van der Waals surface area contributed by atoms with Gasteiger partial charge in [0, 0.05) is 38.6 Å². The molecule has 0 aromatic carbocycles. The summed E-state index contributed by atoms with van der Waals surface area (Å²) in [6, 6.07) is 1.78. The van der Waals surface area contributed by atoms with Crippen LogP contribution in [0.25, 0.3) is 0 Å². The molecule has 0 spiro atoms. The summed E-state index contributed by atoms with van der Waals surface area (Å²) < 4.78 is 26.4. The Balaban J connectivity index is 1.88. The second kappa shape index (κ2) is 5.99. The molecule has 0 fully saturated rings. The molecule has 3 rings (SSSR count). The first-order valence-electron chi connectivity index (χ1n) is 7.48. The minimum atomic E-state index is -3.26. The molecule has 2 aromatic heterocycles. The number of pyridine rings is 1. The van der Waals surface area contributed by atoms with Gasteiger partial charge in [0.2, 0.25) is 10.0 Å². The summed E-state index contributed by atoms with van der Waals surface area (Å²) in [6.07, 6.45) is 4.82. The minimum absolute atomic E-state index is 0.243. The van der Waals surface area contributed by atoms with Gasteiger partial charge in [-0.1, -0.05) is 0 Å². The molecular weight excluding hydrogens is 330 g/mol. The van der Waals surface area contributed by atoms with Gasteiger partial charge in [0.05, 0.1) is 17.5 Å². The zero-order chi connectivity index (χ0) is 17.5. The van der Waals surface area contributed by atoms with Gasteiger partial charge in [0.1, 0.15) is 5.82 Å². The molecule has 0 aliphatic carbocycles. The Morgan fingerprint density at radius 3 is 2.71 bits per heavy atom. The molecule has 0 radical (unpaired) electrons. The molecule has 0 unspecified atom stereocenters. The zero-order valence-electron chi connectivity index (χ0n) is 13.8. The number of amides is 1. The highest BCUT2D eigenvalue weighted by Crippen LogP contribution is 2.24. The van der Waals surface area contributed by atoms with Crippen molar-refractivity contribution in [2.24, 2.45) is 7.05 Å². The maximum atomic E-state index is 12.6. The molecule has 0 atom stereocenters. The second-order valence-electron chi connectivity index (χ2n) is 5.92. The van der Waals surface area contributed by atoms with Crippen molar-refractivity contribution < 1.29 is 13.2 Å². The first kappa shape index (κ1) is 16.6. The molecule has 8 nitrogen and oxygen atoms in total. The predicted molar refractivity (Wildman–Crippen MR) is 89.1 cm³/mol. The third kappa shape index (κ3) is 3.17. The number of carbonyl (C=O) groups excluding carboxylic acids is 1. The van der Waals surface area contributed by atoms with E-state index in [1.807, 2.05) is 6.92 Å². The van der Waals surface area contributed by atoms with Crippen molar-refractivity contribution in [2.75, 3.05) is 18.1 Å². The van der Waals surface area contributed by atoms with Gasteiger partial charge in [-0.3, -0.25) is 14.5 Å². The van der Waals surface area contributed by atoms with E-state index in [9.17, 15) is 13.2 Å². The standard InChI is InChI=1S/C15H19N5O3S/c1-10-6-14(19(2)18-10)17-15(21)13-8-16-7-11-9-20(24(3,22)23)5-4-12(11)13/h6-8H,4-5,9H2,1-3H3,(H,17,21). The van der Waals surface area contributed by atoms with Gasteiger partial charge in [-0.15, -0.1) is 0 Å². The third-order valence-corrected chi connectivity index (χ3v) is 5.31. The van der Waals surface area contributed by atoms with Crippen LogP contribution in [0.5, 0.6) is 0 Å². The Morgan fingerprint density at radius 2 is 2.08 bits per heavy atom. The molecule has 9 heteroatoms. The number of hydrogen-bond donors (Lipinski definition) is 1. The van der Waals surface area contributed by atoms with Crippen molar-refractivity contribution in [1.29, 1.82) is 0 Å². The number of aromatic nitrogens is 3. The van der Waals surface area contributed by atoms with Crippen molar-refractivity contribution in [3.8, 4) is 0 Å². The lowest BCUT2D eigenvalue weighted by Crippen LogP contribution is -2.36. The summed E-state index contributed by atoms with van der Waals surface area (Å²) in [4.78, 5) is 16.7. The molecule has 1 N–H and O–H groups in total. The van der Waals surface area contributed by atoms with Gasteiger partial charge in [-0.2, -0.15) is 9.40 Å². The number of rotatable bonds is 3. The number of sulfonamides is 1. The SMILES string of the molecule is Cc1cc(NC(=O)c2cncc3c2CCN(S(C)(=O)=O)C3)n(C)n1. The van der Waals surface area contributed by atoms with Crippen LogP contribution in [0.15, 0.2) is 18.5 Å². The fourth-order valence-electron chi connectivity index (χ4n) is 2.86. The van der Waals surface area contributed by atoms with Gasteiger partial charge in [0.25, 0.3) is 5.91 Å². The molecule has 0 saturated heterocycles. The molecule has 0 bridgehead atoms. The second-order valence-corrected chi connectivity index (χ2v) is 7.90. The van der Waals surface area contributed by atoms with E-state index in [1.165, 1.54) is 16.8 Å². The van der Waals surface area contributed by atoms with Gasteiger partial charge in [-0.25, -0.2) is 8.42 Å². The predicted octanol–water partition coefficient (Wildman–Crippen LogP) is 0.694. The van der Waals surface area contributed by atoms with Crippen LogP contribution in [0.3, 0.4) is 0 Å². The average molecular weight is 349 g/mol. The zero-order valence-corrected chi connectivity index (χ0v) is 14.6. The highest BCUT2D eigenvalue weighted by atomic mass is 32.2. The van der Waals surface area contributed by atoms with Crippen LogP contribution in [0.2, 0.25) is 0 Å². The number of fused-ring (bicyclic) bond motifs is 1. The number of aryl methyl sites for hydroxylation is 2. The Morgan fingerprint density at radius 1 is 1.33 bits per heavy atom. The number of carbonyl (C=O) groups is 1. The van der Waals surface area contributed by atoms with E-state index in [2.05, 4.69) is 15.4 Å². The summed E-state index contributed by atoms with van der Waals surface area (Å²) in [5, 5.41) is 7.02. The van der Waals surface area contributed by atoms with E-state index < -0.39 is 10.0 Å². The van der Waals surface area contributed by atoms with Crippen LogP contribution in [-0.2, 0) is 30.0 Å². The van der Waals surface area contributed by atoms with Gasteiger partial charge in [-0.05, 0) is 24.5 Å². The van der Waals surface area contributed by atoms with E-state index in [-0.39, 0.29) is 12.5 Å². The molecule has 3 heterocycles. The monoisotopic (exact) mass is 349 g/mol. The van der Waals surface area contributed by atoms with Gasteiger partial charge >= 0.3 is 0 Å². The Hall–Kier alpha value is -2.26. The highest BCUT2D eigenvalue weighted by Gasteiger charge is 2.26. The fraction of sp³-hybridized carbons (Fsp3) is 0.400. The molecule has 2 aromatic rings. The molecule has 1 amide bonds. The molecule has 1 aliphatic heterocycles. The third-order valence-electron chi connectivity index (χ3n) is 4.06. The number of anilines is 1. The fourth-order valence-corrected chi connectivity index (χ4v) is 3.65. The molecule has 128 valence electrons. The quantitative estimate of drug-likeness (QED) is 0.879. The van der Waals surface area contributed by atoms with E-state index >= 15 is 0 Å². The van der Waals surface area contributed by atoms with E-state index in [0.29, 0.717) is 24.3 Å². The lowest BCUT2D eigenvalue weighted by Gasteiger charge is -2.27. The van der Waals surface area contributed by atoms with Crippen LogP contribution in [-0.4, -0.2) is 46.2 Å². The topological polar surface area (TPSA) is 97.2 Å². The highest BCUT2D eigenvalue weighted by molar-refractivity contribution is 7.88. The van der Waals surface area contributed by atoms with Crippen molar-refractivity contribution in [2.45, 2.75) is 19.9 Å². The molecular formula is C15H19N5O3S. The summed E-state index contributed by atoms with van der Waals surface area (Å²) in [7, 11) is -1.50. The Bertz CT molecular complexity index is 904. The first-order chi connectivity index (χ1) is 11.3. The Kier molecular flexibility index (Phi) is 4.14. The Labute approximate surface area is 140 Å². The van der Waals surface area contributed by atoms with E-state index in [1.54, 1.807) is 24.0 Å². The largest absolute Gasteiger partial charge is 0.307 e. The van der Waals surface area contributed by atoms with Crippen LogP contribution < -0.4 is 5.32 Å². The average Bonchev–Trinajstić information content (AvgIpc) is 2.82. The number of hydrogen-bond acceptors (Lipinski definition) is 5. The van der Waals surface area contributed by atoms with Crippen molar-refractivity contribution >= 4 is 21.7 Å². The summed E-state index contributed by atoms with van der Waals surface area (Å²) in [5.74, 6) is 0.332. The normalized spacial score (nSPS) is 15.1. The lowest BCUT2D eigenvalue weighted by molar-refractivity contribution is 0.102. The molecule has 24 heavy (non-hydrogen) atoms.